The first-order valence-electron chi connectivity index (χ1n) is 8.38. The van der Waals surface area contributed by atoms with E-state index in [1.807, 2.05) is 38.1 Å². The fraction of sp³-hybridized carbons (Fsp3) is 0.316. The Hall–Kier alpha value is -2.67. The second-order valence-electron chi connectivity index (χ2n) is 5.87. The number of carbonyl (C=O) groups is 3. The third-order valence-corrected chi connectivity index (χ3v) is 4.78. The lowest BCUT2D eigenvalue weighted by molar-refractivity contribution is -0.129. The Labute approximate surface area is 157 Å². The second kappa shape index (κ2) is 9.15. The van der Waals surface area contributed by atoms with E-state index < -0.39 is 0 Å². The van der Waals surface area contributed by atoms with Crippen molar-refractivity contribution in [2.45, 2.75) is 27.3 Å². The predicted octanol–water partition coefficient (Wildman–Crippen LogP) is 2.79. The summed E-state index contributed by atoms with van der Waals surface area (Å²) in [4.78, 5) is 38.9. The van der Waals surface area contributed by atoms with Crippen molar-refractivity contribution in [3.05, 3.63) is 51.7 Å². The average Bonchev–Trinajstić information content (AvgIpc) is 3.04. The molecule has 2 rings (SSSR count). The molecule has 2 aromatic rings. The number of anilines is 1. The van der Waals surface area contributed by atoms with Crippen LogP contribution in [0, 0.1) is 6.92 Å². The van der Waals surface area contributed by atoms with E-state index in [0.29, 0.717) is 23.7 Å². The van der Waals surface area contributed by atoms with Crippen molar-refractivity contribution in [2.75, 3.05) is 18.4 Å². The maximum Gasteiger partial charge on any atom is 0.261 e. The standard InChI is InChI=1S/C19H23N3O3S/c1-4-22(14(3)23)12-15-6-5-7-16(10-15)21-18(24)11-20-19(25)17-9-8-13(2)26-17/h5-10H,4,11-12H2,1-3H3,(H,20,25)(H,21,24). The fourth-order valence-corrected chi connectivity index (χ4v) is 3.21. The molecule has 0 saturated carbocycles. The molecule has 138 valence electrons. The van der Waals surface area contributed by atoms with Crippen LogP contribution in [0.3, 0.4) is 0 Å². The minimum absolute atomic E-state index is 0.00784. The molecule has 3 amide bonds. The second-order valence-corrected chi connectivity index (χ2v) is 7.16. The molecule has 0 bridgehead atoms. The number of nitrogens with zero attached hydrogens (tertiary/aromatic N) is 1. The predicted molar refractivity (Wildman–Crippen MR) is 103 cm³/mol. The summed E-state index contributed by atoms with van der Waals surface area (Å²) >= 11 is 1.39. The van der Waals surface area contributed by atoms with Crippen LogP contribution >= 0.6 is 11.3 Å². The Bertz CT molecular complexity index is 801. The summed E-state index contributed by atoms with van der Waals surface area (Å²) in [5.41, 5.74) is 1.56. The van der Waals surface area contributed by atoms with Crippen LogP contribution in [0.25, 0.3) is 0 Å². The van der Waals surface area contributed by atoms with E-state index in [4.69, 9.17) is 0 Å². The maximum absolute atomic E-state index is 12.1. The van der Waals surface area contributed by atoms with Crippen molar-refractivity contribution in [3.63, 3.8) is 0 Å². The Morgan fingerprint density at radius 2 is 1.92 bits per heavy atom. The van der Waals surface area contributed by atoms with Crippen LogP contribution in [0.2, 0.25) is 0 Å². The Kier molecular flexibility index (Phi) is 6.91. The summed E-state index contributed by atoms with van der Waals surface area (Å²) in [5, 5.41) is 5.37. The van der Waals surface area contributed by atoms with Gasteiger partial charge >= 0.3 is 0 Å². The molecular weight excluding hydrogens is 350 g/mol. The van der Waals surface area contributed by atoms with Gasteiger partial charge in [-0.1, -0.05) is 12.1 Å². The summed E-state index contributed by atoms with van der Waals surface area (Å²) in [6, 6.07) is 10.9. The number of hydrogen-bond donors (Lipinski definition) is 2. The summed E-state index contributed by atoms with van der Waals surface area (Å²) < 4.78 is 0. The number of hydrogen-bond acceptors (Lipinski definition) is 4. The van der Waals surface area contributed by atoms with Crippen LogP contribution in [-0.4, -0.2) is 35.7 Å². The molecule has 1 aromatic carbocycles. The molecule has 0 aliphatic carbocycles. The zero-order chi connectivity index (χ0) is 19.1. The van der Waals surface area contributed by atoms with Crippen molar-refractivity contribution < 1.29 is 14.4 Å². The van der Waals surface area contributed by atoms with E-state index in [-0.39, 0.29) is 24.3 Å². The van der Waals surface area contributed by atoms with Crippen LogP contribution in [0.1, 0.15) is 34.0 Å². The van der Waals surface area contributed by atoms with Crippen molar-refractivity contribution in [2.24, 2.45) is 0 Å². The highest BCUT2D eigenvalue weighted by atomic mass is 32.1. The first kappa shape index (κ1) is 19.7. The van der Waals surface area contributed by atoms with Gasteiger partial charge in [-0.05, 0) is 43.7 Å². The van der Waals surface area contributed by atoms with E-state index in [2.05, 4.69) is 10.6 Å². The minimum Gasteiger partial charge on any atom is -0.342 e. The molecule has 0 unspecified atom stereocenters. The van der Waals surface area contributed by atoms with Crippen LogP contribution < -0.4 is 10.6 Å². The number of thiophene rings is 1. The van der Waals surface area contributed by atoms with Crippen molar-refractivity contribution in [1.29, 1.82) is 0 Å². The Balaban J connectivity index is 1.89. The van der Waals surface area contributed by atoms with Gasteiger partial charge in [0.2, 0.25) is 11.8 Å². The molecule has 7 heteroatoms. The van der Waals surface area contributed by atoms with E-state index in [1.165, 1.54) is 18.3 Å². The number of amides is 3. The molecule has 0 saturated heterocycles. The quantitative estimate of drug-likeness (QED) is 0.783. The molecule has 0 spiro atoms. The van der Waals surface area contributed by atoms with Gasteiger partial charge in [0.05, 0.1) is 11.4 Å². The van der Waals surface area contributed by atoms with Gasteiger partial charge in [-0.15, -0.1) is 11.3 Å². The van der Waals surface area contributed by atoms with Gasteiger partial charge in [-0.3, -0.25) is 14.4 Å². The minimum atomic E-state index is -0.303. The average molecular weight is 373 g/mol. The smallest absolute Gasteiger partial charge is 0.261 e. The molecule has 26 heavy (non-hydrogen) atoms. The molecule has 0 aliphatic heterocycles. The number of aryl methyl sites for hydroxylation is 1. The van der Waals surface area contributed by atoms with Crippen molar-refractivity contribution in [3.8, 4) is 0 Å². The van der Waals surface area contributed by atoms with Crippen LogP contribution in [0.4, 0.5) is 5.69 Å². The first-order chi connectivity index (χ1) is 12.4. The Morgan fingerprint density at radius 1 is 1.15 bits per heavy atom. The van der Waals surface area contributed by atoms with Crippen LogP contribution in [-0.2, 0) is 16.1 Å². The molecular formula is C19H23N3O3S. The van der Waals surface area contributed by atoms with Gasteiger partial charge in [0, 0.05) is 30.6 Å². The Morgan fingerprint density at radius 3 is 2.54 bits per heavy atom. The van der Waals surface area contributed by atoms with E-state index in [0.717, 1.165) is 10.4 Å². The van der Waals surface area contributed by atoms with Crippen LogP contribution in [0.5, 0.6) is 0 Å². The van der Waals surface area contributed by atoms with Crippen molar-refractivity contribution >= 4 is 34.7 Å². The lowest BCUT2D eigenvalue weighted by atomic mass is 10.2. The molecule has 0 fully saturated rings. The molecule has 0 atom stereocenters. The zero-order valence-corrected chi connectivity index (χ0v) is 16.0. The normalized spacial score (nSPS) is 10.3. The third-order valence-electron chi connectivity index (χ3n) is 3.78. The monoisotopic (exact) mass is 373 g/mol. The SMILES string of the molecule is CCN(Cc1cccc(NC(=O)CNC(=O)c2ccc(C)s2)c1)C(C)=O. The highest BCUT2D eigenvalue weighted by Crippen LogP contribution is 2.15. The zero-order valence-electron chi connectivity index (χ0n) is 15.2. The van der Waals surface area contributed by atoms with Crippen LogP contribution in [0.15, 0.2) is 36.4 Å². The number of nitrogens with one attached hydrogen (secondary N) is 2. The highest BCUT2D eigenvalue weighted by molar-refractivity contribution is 7.13. The lowest BCUT2D eigenvalue weighted by Gasteiger charge is -2.19. The number of rotatable bonds is 7. The summed E-state index contributed by atoms with van der Waals surface area (Å²) in [6.07, 6.45) is 0. The van der Waals surface area contributed by atoms with Gasteiger partial charge < -0.3 is 15.5 Å². The molecule has 6 nitrogen and oxygen atoms in total. The fourth-order valence-electron chi connectivity index (χ4n) is 2.42. The summed E-state index contributed by atoms with van der Waals surface area (Å²) in [7, 11) is 0. The lowest BCUT2D eigenvalue weighted by Crippen LogP contribution is -2.32. The molecule has 0 aliphatic rings. The van der Waals surface area contributed by atoms with Gasteiger partial charge in [-0.2, -0.15) is 0 Å². The topological polar surface area (TPSA) is 78.5 Å². The van der Waals surface area contributed by atoms with Gasteiger partial charge in [-0.25, -0.2) is 0 Å². The number of benzene rings is 1. The molecule has 1 aromatic heterocycles. The first-order valence-corrected chi connectivity index (χ1v) is 9.19. The van der Waals surface area contributed by atoms with Gasteiger partial charge in [0.1, 0.15) is 0 Å². The molecule has 2 N–H and O–H groups in total. The number of carbonyl (C=O) groups excluding carboxylic acids is 3. The van der Waals surface area contributed by atoms with E-state index in [9.17, 15) is 14.4 Å². The maximum atomic E-state index is 12.1. The van der Waals surface area contributed by atoms with E-state index >= 15 is 0 Å². The third kappa shape index (κ3) is 5.70. The largest absolute Gasteiger partial charge is 0.342 e. The summed E-state index contributed by atoms with van der Waals surface area (Å²) in [5.74, 6) is -0.553. The summed E-state index contributed by atoms with van der Waals surface area (Å²) in [6.45, 7) is 6.39. The van der Waals surface area contributed by atoms with Gasteiger partial charge in [0.25, 0.3) is 5.91 Å². The molecule has 0 radical (unpaired) electrons. The van der Waals surface area contributed by atoms with E-state index in [1.54, 1.807) is 17.0 Å². The van der Waals surface area contributed by atoms with Gasteiger partial charge in [0.15, 0.2) is 0 Å². The highest BCUT2D eigenvalue weighted by Gasteiger charge is 2.11. The van der Waals surface area contributed by atoms with Crippen molar-refractivity contribution in [1.82, 2.24) is 10.2 Å². The molecule has 1 heterocycles.